The third kappa shape index (κ3) is 2.49. The predicted octanol–water partition coefficient (Wildman–Crippen LogP) is 2.62. The van der Waals surface area contributed by atoms with Crippen molar-refractivity contribution in [2.24, 2.45) is 5.92 Å². The highest BCUT2D eigenvalue weighted by molar-refractivity contribution is 6.06. The van der Waals surface area contributed by atoms with E-state index in [0.717, 1.165) is 17.8 Å². The van der Waals surface area contributed by atoms with Crippen LogP contribution in [0.5, 0.6) is 0 Å². The van der Waals surface area contributed by atoms with E-state index in [1.54, 1.807) is 36.6 Å². The fourth-order valence-corrected chi connectivity index (χ4v) is 3.24. The number of carbonyl (C=O) groups is 1. The second kappa shape index (κ2) is 5.87. The normalized spacial score (nSPS) is 21.0. The molecule has 1 amide bonds. The van der Waals surface area contributed by atoms with E-state index < -0.39 is 0 Å². The molecule has 6 nitrogen and oxygen atoms in total. The highest BCUT2D eigenvalue weighted by Crippen LogP contribution is 2.36. The number of rotatable bonds is 3. The van der Waals surface area contributed by atoms with Gasteiger partial charge in [-0.1, -0.05) is 13.3 Å². The monoisotopic (exact) mass is 299 g/mol. The standard InChI is InChI=1S/C16H21N5O/c1-11-5-4-6-15(11)21-12(2)14(10-19-21)16(22)20(3)13-7-8-17-18-9-13/h7-11,15H,4-6H2,1-3H3. The lowest BCUT2D eigenvalue weighted by molar-refractivity contribution is 0.0992. The Balaban J connectivity index is 1.86. The Kier molecular flexibility index (Phi) is 3.92. The first-order chi connectivity index (χ1) is 10.6. The van der Waals surface area contributed by atoms with E-state index in [-0.39, 0.29) is 5.91 Å². The third-order valence-electron chi connectivity index (χ3n) is 4.67. The minimum atomic E-state index is -0.0672. The van der Waals surface area contributed by atoms with Crippen LogP contribution in [0.25, 0.3) is 0 Å². The zero-order valence-electron chi connectivity index (χ0n) is 13.2. The Bertz CT molecular complexity index is 666. The van der Waals surface area contributed by atoms with Gasteiger partial charge >= 0.3 is 0 Å². The summed E-state index contributed by atoms with van der Waals surface area (Å²) in [6.45, 7) is 4.24. The molecule has 0 saturated heterocycles. The first-order valence-corrected chi connectivity index (χ1v) is 7.68. The quantitative estimate of drug-likeness (QED) is 0.874. The first-order valence-electron chi connectivity index (χ1n) is 7.68. The van der Waals surface area contributed by atoms with Gasteiger partial charge < -0.3 is 4.90 Å². The molecule has 0 N–H and O–H groups in total. The van der Waals surface area contributed by atoms with Gasteiger partial charge in [0.25, 0.3) is 5.91 Å². The van der Waals surface area contributed by atoms with Crippen LogP contribution in [-0.4, -0.2) is 32.9 Å². The van der Waals surface area contributed by atoms with E-state index in [2.05, 4.69) is 22.2 Å². The molecule has 0 aromatic carbocycles. The summed E-state index contributed by atoms with van der Waals surface area (Å²) in [5, 5.41) is 12.0. The van der Waals surface area contributed by atoms with Gasteiger partial charge in [-0.3, -0.25) is 9.48 Å². The van der Waals surface area contributed by atoms with Crippen molar-refractivity contribution in [1.82, 2.24) is 20.0 Å². The number of amides is 1. The van der Waals surface area contributed by atoms with E-state index in [1.165, 1.54) is 12.8 Å². The fourth-order valence-electron chi connectivity index (χ4n) is 3.24. The summed E-state index contributed by atoms with van der Waals surface area (Å²) >= 11 is 0. The summed E-state index contributed by atoms with van der Waals surface area (Å²) in [5.41, 5.74) is 2.32. The largest absolute Gasteiger partial charge is 0.310 e. The molecular weight excluding hydrogens is 278 g/mol. The molecule has 116 valence electrons. The molecular formula is C16H21N5O. The van der Waals surface area contributed by atoms with E-state index in [1.807, 2.05) is 11.6 Å². The van der Waals surface area contributed by atoms with Crippen LogP contribution in [0.2, 0.25) is 0 Å². The molecule has 2 unspecified atom stereocenters. The van der Waals surface area contributed by atoms with Crippen LogP contribution in [0.1, 0.15) is 48.3 Å². The minimum absolute atomic E-state index is 0.0672. The molecule has 0 radical (unpaired) electrons. The molecule has 0 spiro atoms. The number of hydrogen-bond acceptors (Lipinski definition) is 4. The molecule has 0 aliphatic heterocycles. The van der Waals surface area contributed by atoms with Crippen molar-refractivity contribution in [3.8, 4) is 0 Å². The predicted molar refractivity (Wildman–Crippen MR) is 83.8 cm³/mol. The van der Waals surface area contributed by atoms with Crippen molar-refractivity contribution >= 4 is 11.6 Å². The molecule has 3 rings (SSSR count). The van der Waals surface area contributed by atoms with Crippen LogP contribution in [-0.2, 0) is 0 Å². The Morgan fingerprint density at radius 1 is 1.32 bits per heavy atom. The van der Waals surface area contributed by atoms with Gasteiger partial charge in [0, 0.05) is 12.7 Å². The topological polar surface area (TPSA) is 63.9 Å². The van der Waals surface area contributed by atoms with E-state index >= 15 is 0 Å². The number of anilines is 1. The molecule has 1 saturated carbocycles. The van der Waals surface area contributed by atoms with Gasteiger partial charge in [-0.25, -0.2) is 0 Å². The highest BCUT2D eigenvalue weighted by Gasteiger charge is 2.29. The Morgan fingerprint density at radius 3 is 2.77 bits per heavy atom. The second-order valence-electron chi connectivity index (χ2n) is 6.03. The summed E-state index contributed by atoms with van der Waals surface area (Å²) in [4.78, 5) is 14.3. The Labute approximate surface area is 130 Å². The Morgan fingerprint density at radius 2 is 2.14 bits per heavy atom. The van der Waals surface area contributed by atoms with E-state index in [4.69, 9.17) is 0 Å². The van der Waals surface area contributed by atoms with Crippen LogP contribution in [0.15, 0.2) is 24.7 Å². The minimum Gasteiger partial charge on any atom is -0.310 e. The average molecular weight is 299 g/mol. The van der Waals surface area contributed by atoms with Gasteiger partial charge in [-0.15, -0.1) is 0 Å². The summed E-state index contributed by atoms with van der Waals surface area (Å²) in [5.74, 6) is 0.547. The van der Waals surface area contributed by atoms with Crippen molar-refractivity contribution in [2.45, 2.75) is 39.2 Å². The number of nitrogens with zero attached hydrogens (tertiary/aromatic N) is 5. The summed E-state index contributed by atoms with van der Waals surface area (Å²) in [7, 11) is 1.74. The van der Waals surface area contributed by atoms with Crippen molar-refractivity contribution in [3.05, 3.63) is 35.9 Å². The molecule has 0 bridgehead atoms. The van der Waals surface area contributed by atoms with Crippen LogP contribution < -0.4 is 4.90 Å². The van der Waals surface area contributed by atoms with Gasteiger partial charge in [0.15, 0.2) is 0 Å². The van der Waals surface area contributed by atoms with Gasteiger partial charge in [0.1, 0.15) is 0 Å². The Hall–Kier alpha value is -2.24. The summed E-state index contributed by atoms with van der Waals surface area (Å²) < 4.78 is 2.03. The van der Waals surface area contributed by atoms with Gasteiger partial charge in [0.2, 0.25) is 0 Å². The van der Waals surface area contributed by atoms with Crippen LogP contribution >= 0.6 is 0 Å². The van der Waals surface area contributed by atoms with Crippen LogP contribution in [0, 0.1) is 12.8 Å². The number of aromatic nitrogens is 4. The molecule has 2 aromatic heterocycles. The fraction of sp³-hybridized carbons (Fsp3) is 0.500. The zero-order chi connectivity index (χ0) is 15.7. The second-order valence-corrected chi connectivity index (χ2v) is 6.03. The molecule has 2 atom stereocenters. The lowest BCUT2D eigenvalue weighted by Crippen LogP contribution is -2.27. The van der Waals surface area contributed by atoms with Gasteiger partial charge in [-0.05, 0) is 31.7 Å². The third-order valence-corrected chi connectivity index (χ3v) is 4.67. The molecule has 2 aromatic rings. The number of carbonyl (C=O) groups excluding carboxylic acids is 1. The molecule has 1 aliphatic rings. The van der Waals surface area contributed by atoms with Crippen LogP contribution in [0.4, 0.5) is 5.69 Å². The maximum absolute atomic E-state index is 12.7. The van der Waals surface area contributed by atoms with Crippen molar-refractivity contribution in [1.29, 1.82) is 0 Å². The maximum Gasteiger partial charge on any atom is 0.261 e. The van der Waals surface area contributed by atoms with Crippen molar-refractivity contribution < 1.29 is 4.79 Å². The van der Waals surface area contributed by atoms with Gasteiger partial charge in [-0.2, -0.15) is 15.3 Å². The lowest BCUT2D eigenvalue weighted by Gasteiger charge is -2.19. The first kappa shape index (κ1) is 14.7. The van der Waals surface area contributed by atoms with Crippen molar-refractivity contribution in [3.63, 3.8) is 0 Å². The van der Waals surface area contributed by atoms with Crippen molar-refractivity contribution in [2.75, 3.05) is 11.9 Å². The average Bonchev–Trinajstić information content (AvgIpc) is 3.12. The lowest BCUT2D eigenvalue weighted by atomic mass is 10.1. The highest BCUT2D eigenvalue weighted by atomic mass is 16.2. The molecule has 1 fully saturated rings. The molecule has 22 heavy (non-hydrogen) atoms. The molecule has 2 heterocycles. The SMILES string of the molecule is Cc1c(C(=O)N(C)c2ccnnc2)cnn1C1CCCC1C. The summed E-state index contributed by atoms with van der Waals surface area (Å²) in [6, 6.07) is 2.18. The van der Waals surface area contributed by atoms with E-state index in [9.17, 15) is 4.79 Å². The van der Waals surface area contributed by atoms with E-state index in [0.29, 0.717) is 17.5 Å². The summed E-state index contributed by atoms with van der Waals surface area (Å²) in [6.07, 6.45) is 8.45. The zero-order valence-corrected chi connectivity index (χ0v) is 13.2. The van der Waals surface area contributed by atoms with Gasteiger partial charge in [0.05, 0.1) is 35.9 Å². The van der Waals surface area contributed by atoms with Crippen LogP contribution in [0.3, 0.4) is 0 Å². The molecule has 1 aliphatic carbocycles. The smallest absolute Gasteiger partial charge is 0.261 e. The maximum atomic E-state index is 12.7. The molecule has 6 heteroatoms. The number of hydrogen-bond donors (Lipinski definition) is 0.